The standard InChI is InChI=1S/C14H22N2OS/c1-2-11-3-4-12(18-11)9-14(17)13-10-15-5-7-16(13)8-6-15/h3-4,13-14,17H,2,5-10H2,1H3. The van der Waals surface area contributed by atoms with Crippen molar-refractivity contribution >= 4 is 11.3 Å². The minimum absolute atomic E-state index is 0.212. The Labute approximate surface area is 113 Å². The van der Waals surface area contributed by atoms with Crippen molar-refractivity contribution in [3.8, 4) is 0 Å². The summed E-state index contributed by atoms with van der Waals surface area (Å²) in [4.78, 5) is 7.71. The van der Waals surface area contributed by atoms with Crippen molar-refractivity contribution in [1.29, 1.82) is 0 Å². The molecule has 4 rings (SSSR count). The van der Waals surface area contributed by atoms with Gasteiger partial charge in [-0.2, -0.15) is 0 Å². The molecule has 2 unspecified atom stereocenters. The Morgan fingerprint density at radius 3 is 2.56 bits per heavy atom. The molecule has 4 heterocycles. The van der Waals surface area contributed by atoms with E-state index in [-0.39, 0.29) is 6.10 Å². The lowest BCUT2D eigenvalue weighted by Crippen LogP contribution is -2.64. The van der Waals surface area contributed by atoms with Gasteiger partial charge in [0.15, 0.2) is 0 Å². The number of thiophene rings is 1. The summed E-state index contributed by atoms with van der Waals surface area (Å²) in [6.07, 6.45) is 1.71. The van der Waals surface area contributed by atoms with E-state index >= 15 is 0 Å². The summed E-state index contributed by atoms with van der Waals surface area (Å²) >= 11 is 1.85. The van der Waals surface area contributed by atoms with Crippen LogP contribution in [0.25, 0.3) is 0 Å². The Balaban J connectivity index is 1.62. The second kappa shape index (κ2) is 5.29. The zero-order chi connectivity index (χ0) is 12.5. The molecule has 0 spiro atoms. The molecule has 0 saturated carbocycles. The quantitative estimate of drug-likeness (QED) is 0.887. The topological polar surface area (TPSA) is 26.7 Å². The monoisotopic (exact) mass is 266 g/mol. The number of aliphatic hydroxyl groups excluding tert-OH is 1. The van der Waals surface area contributed by atoms with Gasteiger partial charge in [-0.1, -0.05) is 6.92 Å². The molecular weight excluding hydrogens is 244 g/mol. The van der Waals surface area contributed by atoms with Gasteiger partial charge in [0, 0.05) is 54.9 Å². The van der Waals surface area contributed by atoms with Crippen LogP contribution in [0.2, 0.25) is 0 Å². The molecule has 3 fully saturated rings. The zero-order valence-electron chi connectivity index (χ0n) is 11.0. The molecule has 100 valence electrons. The van der Waals surface area contributed by atoms with E-state index in [1.54, 1.807) is 0 Å². The summed E-state index contributed by atoms with van der Waals surface area (Å²) in [6.45, 7) is 7.86. The molecule has 4 heteroatoms. The van der Waals surface area contributed by atoms with E-state index in [1.807, 2.05) is 11.3 Å². The van der Waals surface area contributed by atoms with Crippen molar-refractivity contribution in [3.63, 3.8) is 0 Å². The predicted octanol–water partition coefficient (Wildman–Crippen LogP) is 1.21. The van der Waals surface area contributed by atoms with Gasteiger partial charge >= 0.3 is 0 Å². The Morgan fingerprint density at radius 1 is 1.28 bits per heavy atom. The largest absolute Gasteiger partial charge is 0.391 e. The van der Waals surface area contributed by atoms with Gasteiger partial charge in [-0.3, -0.25) is 9.80 Å². The van der Waals surface area contributed by atoms with E-state index < -0.39 is 0 Å². The predicted molar refractivity (Wildman–Crippen MR) is 75.2 cm³/mol. The molecule has 3 aliphatic rings. The third-order valence-electron chi connectivity index (χ3n) is 4.24. The first-order chi connectivity index (χ1) is 8.76. The van der Waals surface area contributed by atoms with Crippen LogP contribution < -0.4 is 0 Å². The van der Waals surface area contributed by atoms with E-state index in [1.165, 1.54) is 22.8 Å². The molecule has 0 amide bonds. The fraction of sp³-hybridized carbons (Fsp3) is 0.714. The first-order valence-corrected chi connectivity index (χ1v) is 7.80. The van der Waals surface area contributed by atoms with Crippen LogP contribution in [0, 0.1) is 0 Å². The summed E-state index contributed by atoms with van der Waals surface area (Å²) in [5.41, 5.74) is 0. The van der Waals surface area contributed by atoms with Gasteiger partial charge in [0.1, 0.15) is 0 Å². The number of aryl methyl sites for hydroxylation is 1. The van der Waals surface area contributed by atoms with Gasteiger partial charge in [-0.15, -0.1) is 11.3 Å². The SMILES string of the molecule is CCc1ccc(CC(O)C2CN3CCN2CC3)s1. The minimum atomic E-state index is -0.212. The molecule has 2 bridgehead atoms. The lowest BCUT2D eigenvalue weighted by atomic mass is 9.99. The maximum absolute atomic E-state index is 10.5. The average molecular weight is 266 g/mol. The molecule has 1 aromatic rings. The fourth-order valence-corrected chi connectivity index (χ4v) is 4.09. The van der Waals surface area contributed by atoms with Crippen LogP contribution in [0.1, 0.15) is 16.7 Å². The van der Waals surface area contributed by atoms with Gasteiger partial charge in [0.2, 0.25) is 0 Å². The Hall–Kier alpha value is -0.420. The maximum Gasteiger partial charge on any atom is 0.0755 e. The summed E-state index contributed by atoms with van der Waals surface area (Å²) in [7, 11) is 0. The molecule has 1 aromatic heterocycles. The molecule has 1 N–H and O–H groups in total. The Kier molecular flexibility index (Phi) is 3.71. The first kappa shape index (κ1) is 12.6. The van der Waals surface area contributed by atoms with E-state index in [0.29, 0.717) is 6.04 Å². The van der Waals surface area contributed by atoms with Gasteiger partial charge in [0.25, 0.3) is 0 Å². The highest BCUT2D eigenvalue weighted by Gasteiger charge is 2.36. The van der Waals surface area contributed by atoms with E-state index in [4.69, 9.17) is 0 Å². The third-order valence-corrected chi connectivity index (χ3v) is 5.49. The third kappa shape index (κ3) is 2.48. The Morgan fingerprint density at radius 2 is 2.00 bits per heavy atom. The first-order valence-electron chi connectivity index (χ1n) is 6.98. The number of hydrogen-bond donors (Lipinski definition) is 1. The molecule has 3 saturated heterocycles. The summed E-state index contributed by atoms with van der Waals surface area (Å²) in [5, 5.41) is 10.5. The van der Waals surface area contributed by atoms with Crippen molar-refractivity contribution in [3.05, 3.63) is 21.9 Å². The maximum atomic E-state index is 10.5. The lowest BCUT2D eigenvalue weighted by Gasteiger charge is -2.49. The van der Waals surface area contributed by atoms with Crippen molar-refractivity contribution in [2.24, 2.45) is 0 Å². The van der Waals surface area contributed by atoms with Crippen molar-refractivity contribution < 1.29 is 5.11 Å². The van der Waals surface area contributed by atoms with Crippen LogP contribution in [0.3, 0.4) is 0 Å². The smallest absolute Gasteiger partial charge is 0.0755 e. The fourth-order valence-electron chi connectivity index (χ4n) is 3.09. The van der Waals surface area contributed by atoms with Gasteiger partial charge in [0.05, 0.1) is 6.10 Å². The van der Waals surface area contributed by atoms with Crippen molar-refractivity contribution in [2.75, 3.05) is 32.7 Å². The normalized spacial score (nSPS) is 32.7. The Bertz CT molecular complexity index is 398. The highest BCUT2D eigenvalue weighted by molar-refractivity contribution is 7.11. The number of rotatable bonds is 4. The highest BCUT2D eigenvalue weighted by Crippen LogP contribution is 2.23. The van der Waals surface area contributed by atoms with Gasteiger partial charge in [-0.25, -0.2) is 0 Å². The summed E-state index contributed by atoms with van der Waals surface area (Å²) in [5.74, 6) is 0. The molecule has 0 aromatic carbocycles. The number of aliphatic hydroxyl groups is 1. The minimum Gasteiger partial charge on any atom is -0.391 e. The van der Waals surface area contributed by atoms with Crippen LogP contribution in [0.5, 0.6) is 0 Å². The molecule has 3 nitrogen and oxygen atoms in total. The van der Waals surface area contributed by atoms with E-state index in [2.05, 4.69) is 28.9 Å². The molecule has 3 aliphatic heterocycles. The highest BCUT2D eigenvalue weighted by atomic mass is 32.1. The van der Waals surface area contributed by atoms with Crippen LogP contribution in [-0.2, 0) is 12.8 Å². The second-order valence-corrected chi connectivity index (χ2v) is 6.65. The summed E-state index contributed by atoms with van der Waals surface area (Å²) < 4.78 is 0. The summed E-state index contributed by atoms with van der Waals surface area (Å²) in [6, 6.07) is 4.73. The van der Waals surface area contributed by atoms with Crippen LogP contribution in [0.4, 0.5) is 0 Å². The molecule has 18 heavy (non-hydrogen) atoms. The number of fused-ring (bicyclic) bond motifs is 3. The second-order valence-electron chi connectivity index (χ2n) is 5.40. The number of nitrogens with zero attached hydrogens (tertiary/aromatic N) is 2. The number of hydrogen-bond acceptors (Lipinski definition) is 4. The van der Waals surface area contributed by atoms with Crippen molar-refractivity contribution in [2.45, 2.75) is 31.9 Å². The molecule has 0 aliphatic carbocycles. The van der Waals surface area contributed by atoms with Crippen molar-refractivity contribution in [1.82, 2.24) is 9.80 Å². The van der Waals surface area contributed by atoms with Crippen LogP contribution in [-0.4, -0.2) is 59.8 Å². The molecule has 2 atom stereocenters. The van der Waals surface area contributed by atoms with Crippen LogP contribution in [0.15, 0.2) is 12.1 Å². The molecule has 0 radical (unpaired) electrons. The molecular formula is C14H22N2OS. The van der Waals surface area contributed by atoms with E-state index in [9.17, 15) is 5.11 Å². The van der Waals surface area contributed by atoms with E-state index in [0.717, 1.165) is 32.5 Å². The lowest BCUT2D eigenvalue weighted by molar-refractivity contribution is -0.0451. The number of piperazine rings is 3. The van der Waals surface area contributed by atoms with Gasteiger partial charge in [-0.05, 0) is 18.6 Å². The van der Waals surface area contributed by atoms with Gasteiger partial charge < -0.3 is 5.11 Å². The zero-order valence-corrected chi connectivity index (χ0v) is 11.8. The average Bonchev–Trinajstić information content (AvgIpc) is 2.87. The van der Waals surface area contributed by atoms with Crippen LogP contribution >= 0.6 is 11.3 Å².